The Morgan fingerprint density at radius 2 is 1.83 bits per heavy atom. The molecule has 3 fully saturated rings. The third kappa shape index (κ3) is 3.66. The molecule has 1 saturated heterocycles. The van der Waals surface area contributed by atoms with Crippen molar-refractivity contribution < 1.29 is 22.7 Å². The predicted octanol–water partition coefficient (Wildman–Crippen LogP) is 4.09. The summed E-state index contributed by atoms with van der Waals surface area (Å²) in [6.45, 7) is 7.35. The molecule has 0 unspecified atom stereocenters. The molecule has 3 aliphatic rings. The van der Waals surface area contributed by atoms with Gasteiger partial charge in [0.15, 0.2) is 0 Å². The molecule has 1 aromatic rings. The van der Waals surface area contributed by atoms with Gasteiger partial charge in [0, 0.05) is 37.3 Å². The van der Waals surface area contributed by atoms with Gasteiger partial charge < -0.3 is 14.2 Å². The second kappa shape index (κ2) is 6.25. The van der Waals surface area contributed by atoms with Crippen LogP contribution in [0.25, 0.3) is 0 Å². The van der Waals surface area contributed by atoms with Crippen LogP contribution in [0.4, 0.5) is 18.0 Å². The van der Waals surface area contributed by atoms with E-state index in [4.69, 9.17) is 4.74 Å². The van der Waals surface area contributed by atoms with Gasteiger partial charge in [0.2, 0.25) is 0 Å². The lowest BCUT2D eigenvalue weighted by atomic mass is 9.58. The van der Waals surface area contributed by atoms with Crippen LogP contribution < -0.4 is 5.56 Å². The first kappa shape index (κ1) is 20.3. The molecule has 2 heterocycles. The van der Waals surface area contributed by atoms with Crippen molar-refractivity contribution in [3.05, 3.63) is 34.2 Å². The summed E-state index contributed by atoms with van der Waals surface area (Å²) >= 11 is 0. The average Bonchev–Trinajstić information content (AvgIpc) is 3.29. The van der Waals surface area contributed by atoms with Crippen LogP contribution in [0.5, 0.6) is 0 Å². The second-order valence-corrected chi connectivity index (χ2v) is 10.1. The fraction of sp³-hybridized carbons (Fsp3) is 0.714. The smallest absolute Gasteiger partial charge is 0.410 e. The Hall–Kier alpha value is -1.99. The van der Waals surface area contributed by atoms with Gasteiger partial charge in [0.05, 0.1) is 5.41 Å². The number of ether oxygens (including phenoxy) is 1. The van der Waals surface area contributed by atoms with Gasteiger partial charge in [0.25, 0.3) is 5.56 Å². The maximum Gasteiger partial charge on any atom is 0.410 e. The number of nitrogens with zero attached hydrogens (tertiary/aromatic N) is 2. The highest BCUT2D eigenvalue weighted by Crippen LogP contribution is 2.58. The molecule has 0 radical (unpaired) electrons. The molecule has 29 heavy (non-hydrogen) atoms. The Bertz CT molecular complexity index is 866. The average molecular weight is 412 g/mol. The molecule has 0 bridgehead atoms. The Morgan fingerprint density at radius 3 is 2.31 bits per heavy atom. The summed E-state index contributed by atoms with van der Waals surface area (Å²) in [5.74, 6) is 0.303. The van der Waals surface area contributed by atoms with Crippen LogP contribution in [0.2, 0.25) is 0 Å². The molecule has 1 aromatic heterocycles. The first-order valence-corrected chi connectivity index (χ1v) is 10.1. The van der Waals surface area contributed by atoms with Gasteiger partial charge in [-0.15, -0.1) is 0 Å². The highest BCUT2D eigenvalue weighted by atomic mass is 19.4. The number of hydrogen-bond acceptors (Lipinski definition) is 3. The minimum atomic E-state index is -4.31. The predicted molar refractivity (Wildman–Crippen MR) is 101 cm³/mol. The summed E-state index contributed by atoms with van der Waals surface area (Å²) in [6, 6.07) is 2.60. The third-order valence-electron chi connectivity index (χ3n) is 6.44. The topological polar surface area (TPSA) is 51.5 Å². The molecule has 8 heteroatoms. The van der Waals surface area contributed by atoms with E-state index < -0.39 is 17.2 Å². The van der Waals surface area contributed by atoms with E-state index >= 15 is 0 Å². The maximum absolute atomic E-state index is 13.3. The molecule has 1 aliphatic heterocycles. The van der Waals surface area contributed by atoms with Crippen LogP contribution in [0.1, 0.15) is 52.0 Å². The highest BCUT2D eigenvalue weighted by molar-refractivity contribution is 5.69. The van der Waals surface area contributed by atoms with E-state index in [1.807, 2.05) is 20.8 Å². The van der Waals surface area contributed by atoms with Crippen LogP contribution >= 0.6 is 0 Å². The number of halogens is 3. The summed E-state index contributed by atoms with van der Waals surface area (Å²) in [4.78, 5) is 26.1. The number of carbonyl (C=O) groups is 1. The Morgan fingerprint density at radius 1 is 1.21 bits per heavy atom. The number of likely N-dealkylation sites (tertiary alicyclic amines) is 1. The van der Waals surface area contributed by atoms with E-state index in [9.17, 15) is 22.8 Å². The van der Waals surface area contributed by atoms with Crippen molar-refractivity contribution in [2.24, 2.45) is 11.3 Å². The van der Waals surface area contributed by atoms with Gasteiger partial charge in [-0.25, -0.2) is 4.79 Å². The van der Waals surface area contributed by atoms with Crippen LogP contribution in [-0.4, -0.2) is 40.4 Å². The van der Waals surface area contributed by atoms with Crippen molar-refractivity contribution in [3.63, 3.8) is 0 Å². The molecular weight excluding hydrogens is 385 g/mol. The summed E-state index contributed by atoms with van der Waals surface area (Å²) in [5, 5.41) is 0. The van der Waals surface area contributed by atoms with Gasteiger partial charge >= 0.3 is 12.3 Å². The van der Waals surface area contributed by atoms with Crippen molar-refractivity contribution in [1.82, 2.24) is 9.47 Å². The quantitative estimate of drug-likeness (QED) is 0.752. The van der Waals surface area contributed by atoms with Gasteiger partial charge in [0.1, 0.15) is 5.60 Å². The van der Waals surface area contributed by atoms with Gasteiger partial charge in [-0.05, 0) is 64.0 Å². The Labute approximate surface area is 167 Å². The maximum atomic E-state index is 13.3. The van der Waals surface area contributed by atoms with Crippen LogP contribution in [-0.2, 0) is 16.7 Å². The first-order chi connectivity index (χ1) is 13.3. The fourth-order valence-corrected chi connectivity index (χ4v) is 4.87. The van der Waals surface area contributed by atoms with Crippen LogP contribution in [0.15, 0.2) is 23.1 Å². The molecule has 1 amide bonds. The van der Waals surface area contributed by atoms with Crippen molar-refractivity contribution in [1.29, 1.82) is 0 Å². The molecule has 0 atom stereocenters. The normalized spacial score (nSPS) is 22.8. The zero-order chi connectivity index (χ0) is 21.2. The number of amides is 1. The highest BCUT2D eigenvalue weighted by Gasteiger charge is 2.64. The van der Waals surface area contributed by atoms with Crippen molar-refractivity contribution in [3.8, 4) is 0 Å². The minimum absolute atomic E-state index is 0.0548. The lowest BCUT2D eigenvalue weighted by Gasteiger charge is -2.58. The molecule has 4 rings (SSSR count). The number of hydrogen-bond donors (Lipinski definition) is 0. The van der Waals surface area contributed by atoms with E-state index in [2.05, 4.69) is 0 Å². The molecule has 1 spiro atoms. The molecule has 2 saturated carbocycles. The van der Waals surface area contributed by atoms with Crippen LogP contribution in [0, 0.1) is 11.3 Å². The van der Waals surface area contributed by atoms with E-state index in [0.29, 0.717) is 25.6 Å². The van der Waals surface area contributed by atoms with Gasteiger partial charge in [-0.2, -0.15) is 13.2 Å². The minimum Gasteiger partial charge on any atom is -0.444 e. The molecule has 0 N–H and O–H groups in total. The van der Waals surface area contributed by atoms with Crippen molar-refractivity contribution in [2.45, 2.75) is 70.2 Å². The Kier molecular flexibility index (Phi) is 4.37. The number of pyridine rings is 1. The molecule has 2 aliphatic carbocycles. The van der Waals surface area contributed by atoms with Crippen molar-refractivity contribution in [2.75, 3.05) is 13.1 Å². The number of carbonyl (C=O) groups excluding carboxylic acids is 1. The zero-order valence-corrected chi connectivity index (χ0v) is 17.0. The second-order valence-electron chi connectivity index (χ2n) is 10.1. The van der Waals surface area contributed by atoms with Gasteiger partial charge in [-0.1, -0.05) is 0 Å². The summed E-state index contributed by atoms with van der Waals surface area (Å²) in [5.41, 5.74) is -2.51. The van der Waals surface area contributed by atoms with Gasteiger partial charge in [-0.3, -0.25) is 4.79 Å². The molecule has 0 aromatic carbocycles. The SMILES string of the molecule is CC(C)(C)OC(=O)N1CC2(CC(Cn3ccc(C4(C(F)(F)F)CC4)cc3=O)C2)C1. The summed E-state index contributed by atoms with van der Waals surface area (Å²) in [7, 11) is 0. The van der Waals surface area contributed by atoms with Crippen molar-refractivity contribution >= 4 is 6.09 Å². The molecule has 5 nitrogen and oxygen atoms in total. The van der Waals surface area contributed by atoms with E-state index in [1.54, 1.807) is 4.90 Å². The molecule has 160 valence electrons. The number of aromatic nitrogens is 1. The lowest BCUT2D eigenvalue weighted by molar-refractivity contribution is -0.160. The number of alkyl halides is 3. The fourth-order valence-electron chi connectivity index (χ4n) is 4.87. The Balaban J connectivity index is 1.31. The largest absolute Gasteiger partial charge is 0.444 e. The third-order valence-corrected chi connectivity index (χ3v) is 6.44. The summed E-state index contributed by atoms with van der Waals surface area (Å²) < 4.78 is 46.6. The van der Waals surface area contributed by atoms with E-state index in [0.717, 1.165) is 18.9 Å². The number of rotatable bonds is 3. The van der Waals surface area contributed by atoms with Crippen LogP contribution in [0.3, 0.4) is 0 Å². The molecular formula is C21H27F3N2O3. The van der Waals surface area contributed by atoms with E-state index in [-0.39, 0.29) is 35.5 Å². The van der Waals surface area contributed by atoms with E-state index in [1.165, 1.54) is 16.8 Å². The standard InChI is InChI=1S/C21H27F3N2O3/c1-18(2,3)29-17(28)26-12-19(13-26)9-14(10-19)11-25-7-4-15(8-16(25)27)20(5-6-20)21(22,23)24/h4,7-8,14H,5-6,9-13H2,1-3H3. The zero-order valence-electron chi connectivity index (χ0n) is 17.0. The first-order valence-electron chi connectivity index (χ1n) is 10.1. The monoisotopic (exact) mass is 412 g/mol. The summed E-state index contributed by atoms with van der Waals surface area (Å²) in [6.07, 6.45) is -1.17. The lowest BCUT2D eigenvalue weighted by Crippen LogP contribution is -2.64.